The Morgan fingerprint density at radius 1 is 1.00 bits per heavy atom. The van der Waals surface area contributed by atoms with Crippen molar-refractivity contribution in [3.8, 4) is 0 Å². The summed E-state index contributed by atoms with van der Waals surface area (Å²) in [6.07, 6.45) is 4.44. The number of hydrogen-bond donors (Lipinski definition) is 0. The summed E-state index contributed by atoms with van der Waals surface area (Å²) in [4.78, 5) is 35.1. The van der Waals surface area contributed by atoms with E-state index in [-0.39, 0.29) is 11.8 Å². The minimum atomic E-state index is 0.0558. The average molecular weight is 370 g/mol. The highest BCUT2D eigenvalue weighted by Gasteiger charge is 2.24. The minimum Gasteiger partial charge on any atom is -0.345 e. The Balaban J connectivity index is 1.38. The molecule has 6 nitrogen and oxygen atoms in total. The second-order valence-corrected chi connectivity index (χ2v) is 7.52. The molecule has 2 aliphatic rings. The number of nitrogens with zero attached hydrogens (tertiary/aromatic N) is 4. The molecule has 0 aliphatic carbocycles. The third kappa shape index (κ3) is 3.44. The van der Waals surface area contributed by atoms with Gasteiger partial charge in [0.05, 0.1) is 0 Å². The van der Waals surface area contributed by atoms with Crippen molar-refractivity contribution < 1.29 is 9.59 Å². The first kappa shape index (κ1) is 17.0. The molecule has 0 radical (unpaired) electrons. The van der Waals surface area contributed by atoms with E-state index >= 15 is 0 Å². The van der Waals surface area contributed by atoms with Gasteiger partial charge in [-0.05, 0) is 37.1 Å². The molecule has 136 valence electrons. The summed E-state index contributed by atoms with van der Waals surface area (Å²) in [5, 5.41) is 2.99. The van der Waals surface area contributed by atoms with Crippen molar-refractivity contribution >= 4 is 34.0 Å². The maximum atomic E-state index is 12.8. The Hall–Kier alpha value is -2.41. The first-order chi connectivity index (χ1) is 12.7. The summed E-state index contributed by atoms with van der Waals surface area (Å²) >= 11 is 1.63. The van der Waals surface area contributed by atoms with Crippen molar-refractivity contribution in [3.63, 3.8) is 0 Å². The summed E-state index contributed by atoms with van der Waals surface area (Å²) in [5.74, 6) is 0.231. The molecular formula is C19H22N4O2S. The van der Waals surface area contributed by atoms with Gasteiger partial charge in [0.2, 0.25) is 5.91 Å². The molecule has 0 N–H and O–H groups in total. The fourth-order valence-corrected chi connectivity index (χ4v) is 4.22. The van der Waals surface area contributed by atoms with Crippen molar-refractivity contribution in [3.05, 3.63) is 41.4 Å². The SMILES string of the molecule is O=C(c1ccc(N2CCCCC2=O)cc1)N1CCN(c2nccs2)CC1. The predicted molar refractivity (Wildman–Crippen MR) is 103 cm³/mol. The molecule has 1 aromatic carbocycles. The van der Waals surface area contributed by atoms with E-state index in [0.717, 1.165) is 43.3 Å². The lowest BCUT2D eigenvalue weighted by molar-refractivity contribution is -0.119. The van der Waals surface area contributed by atoms with Crippen molar-refractivity contribution in [2.75, 3.05) is 42.5 Å². The van der Waals surface area contributed by atoms with Crippen LogP contribution in [0, 0.1) is 0 Å². The second-order valence-electron chi connectivity index (χ2n) is 6.64. The van der Waals surface area contributed by atoms with Crippen molar-refractivity contribution in [1.29, 1.82) is 0 Å². The smallest absolute Gasteiger partial charge is 0.253 e. The number of carbonyl (C=O) groups is 2. The second kappa shape index (κ2) is 7.45. The highest BCUT2D eigenvalue weighted by atomic mass is 32.1. The molecule has 2 saturated heterocycles. The molecule has 1 aromatic heterocycles. The summed E-state index contributed by atoms with van der Waals surface area (Å²) < 4.78 is 0. The van der Waals surface area contributed by atoms with Crippen LogP contribution in [0.3, 0.4) is 0 Å². The molecule has 2 fully saturated rings. The van der Waals surface area contributed by atoms with E-state index in [1.807, 2.05) is 45.6 Å². The number of benzene rings is 1. The monoisotopic (exact) mass is 370 g/mol. The molecule has 0 saturated carbocycles. The first-order valence-corrected chi connectivity index (χ1v) is 9.94. The number of carbonyl (C=O) groups excluding carboxylic acids is 2. The number of anilines is 2. The molecule has 2 amide bonds. The van der Waals surface area contributed by atoms with Gasteiger partial charge in [0.25, 0.3) is 5.91 Å². The fourth-order valence-electron chi connectivity index (χ4n) is 3.52. The Bertz CT molecular complexity index is 767. The van der Waals surface area contributed by atoms with Crippen LogP contribution in [0.25, 0.3) is 0 Å². The van der Waals surface area contributed by atoms with Gasteiger partial charge in [-0.3, -0.25) is 9.59 Å². The van der Waals surface area contributed by atoms with E-state index in [1.165, 1.54) is 0 Å². The van der Waals surface area contributed by atoms with Crippen molar-refractivity contribution in [1.82, 2.24) is 9.88 Å². The van der Waals surface area contributed by atoms with Gasteiger partial charge in [-0.15, -0.1) is 11.3 Å². The number of piperazine rings is 1. The highest BCUT2D eigenvalue weighted by molar-refractivity contribution is 7.13. The maximum Gasteiger partial charge on any atom is 0.253 e. The van der Waals surface area contributed by atoms with Gasteiger partial charge in [0, 0.05) is 62.0 Å². The van der Waals surface area contributed by atoms with Crippen LogP contribution in [-0.4, -0.2) is 54.4 Å². The Morgan fingerprint density at radius 2 is 1.77 bits per heavy atom. The number of rotatable bonds is 3. The molecule has 0 atom stereocenters. The van der Waals surface area contributed by atoms with Crippen molar-refractivity contribution in [2.24, 2.45) is 0 Å². The van der Waals surface area contributed by atoms with E-state index in [9.17, 15) is 9.59 Å². The standard InChI is InChI=1S/C19H22N4O2S/c24-17-3-1-2-9-23(17)16-6-4-15(5-7-16)18(25)21-10-12-22(13-11-21)19-20-8-14-26-19/h4-8,14H,1-3,9-13H2. The highest BCUT2D eigenvalue weighted by Crippen LogP contribution is 2.23. The van der Waals surface area contributed by atoms with Gasteiger partial charge in [-0.2, -0.15) is 0 Å². The molecule has 0 spiro atoms. The number of piperidine rings is 1. The minimum absolute atomic E-state index is 0.0558. The summed E-state index contributed by atoms with van der Waals surface area (Å²) in [7, 11) is 0. The van der Waals surface area contributed by atoms with Gasteiger partial charge < -0.3 is 14.7 Å². The number of hydrogen-bond acceptors (Lipinski definition) is 5. The molecule has 3 heterocycles. The Kier molecular flexibility index (Phi) is 4.88. The number of aromatic nitrogens is 1. The van der Waals surface area contributed by atoms with E-state index in [2.05, 4.69) is 9.88 Å². The topological polar surface area (TPSA) is 56.8 Å². The van der Waals surface area contributed by atoms with E-state index in [4.69, 9.17) is 0 Å². The van der Waals surface area contributed by atoms with Crippen LogP contribution in [-0.2, 0) is 4.79 Å². The summed E-state index contributed by atoms with van der Waals surface area (Å²) in [6, 6.07) is 7.46. The van der Waals surface area contributed by atoms with Crippen LogP contribution in [0.5, 0.6) is 0 Å². The van der Waals surface area contributed by atoms with Crippen LogP contribution in [0.4, 0.5) is 10.8 Å². The molecule has 0 unspecified atom stereocenters. The zero-order valence-corrected chi connectivity index (χ0v) is 15.5. The zero-order chi connectivity index (χ0) is 17.9. The van der Waals surface area contributed by atoms with Crippen LogP contribution in [0.2, 0.25) is 0 Å². The maximum absolute atomic E-state index is 12.8. The van der Waals surface area contributed by atoms with E-state index < -0.39 is 0 Å². The normalized spacial score (nSPS) is 18.3. The Labute approximate surface area is 157 Å². The van der Waals surface area contributed by atoms with E-state index in [0.29, 0.717) is 25.1 Å². The summed E-state index contributed by atoms with van der Waals surface area (Å²) in [5.41, 5.74) is 1.57. The lowest BCUT2D eigenvalue weighted by Crippen LogP contribution is -2.48. The Morgan fingerprint density at radius 3 is 2.42 bits per heavy atom. The molecule has 7 heteroatoms. The van der Waals surface area contributed by atoms with Crippen LogP contribution in [0.15, 0.2) is 35.8 Å². The summed E-state index contributed by atoms with van der Waals surface area (Å²) in [6.45, 7) is 3.78. The van der Waals surface area contributed by atoms with Gasteiger partial charge in [-0.25, -0.2) is 4.98 Å². The average Bonchev–Trinajstić information content (AvgIpc) is 3.23. The fraction of sp³-hybridized carbons (Fsp3) is 0.421. The molecule has 0 bridgehead atoms. The molecule has 26 heavy (non-hydrogen) atoms. The van der Waals surface area contributed by atoms with Crippen LogP contribution in [0.1, 0.15) is 29.6 Å². The first-order valence-electron chi connectivity index (χ1n) is 9.06. The molecular weight excluding hydrogens is 348 g/mol. The van der Waals surface area contributed by atoms with Gasteiger partial charge in [0.1, 0.15) is 0 Å². The van der Waals surface area contributed by atoms with Gasteiger partial charge >= 0.3 is 0 Å². The van der Waals surface area contributed by atoms with Crippen molar-refractivity contribution in [2.45, 2.75) is 19.3 Å². The van der Waals surface area contributed by atoms with Crippen LogP contribution >= 0.6 is 11.3 Å². The van der Waals surface area contributed by atoms with Gasteiger partial charge in [-0.1, -0.05) is 0 Å². The molecule has 4 rings (SSSR count). The third-order valence-electron chi connectivity index (χ3n) is 5.01. The largest absolute Gasteiger partial charge is 0.345 e. The predicted octanol–water partition coefficient (Wildman–Crippen LogP) is 2.62. The zero-order valence-electron chi connectivity index (χ0n) is 14.6. The lowest BCUT2D eigenvalue weighted by Gasteiger charge is -2.34. The number of amides is 2. The lowest BCUT2D eigenvalue weighted by atomic mass is 10.1. The number of thiazole rings is 1. The third-order valence-corrected chi connectivity index (χ3v) is 5.84. The molecule has 2 aromatic rings. The van der Waals surface area contributed by atoms with E-state index in [1.54, 1.807) is 11.3 Å². The van der Waals surface area contributed by atoms with Gasteiger partial charge in [0.15, 0.2) is 5.13 Å². The van der Waals surface area contributed by atoms with Crippen LogP contribution < -0.4 is 9.80 Å². The molecule has 2 aliphatic heterocycles. The quantitative estimate of drug-likeness (QED) is 0.833.